The van der Waals surface area contributed by atoms with E-state index in [0.29, 0.717) is 0 Å². The molecule has 52 heavy (non-hydrogen) atoms. The minimum atomic E-state index is -1.24. The summed E-state index contributed by atoms with van der Waals surface area (Å²) in [7, 11) is 0. The first-order chi connectivity index (χ1) is 24.7. The van der Waals surface area contributed by atoms with Gasteiger partial charge in [0.15, 0.2) is 0 Å². The van der Waals surface area contributed by atoms with Crippen molar-refractivity contribution in [3.8, 4) is 0 Å². The summed E-state index contributed by atoms with van der Waals surface area (Å²) in [6.07, 6.45) is 24.8. The van der Waals surface area contributed by atoms with Crippen molar-refractivity contribution in [2.45, 2.75) is 174 Å². The predicted octanol–water partition coefficient (Wildman–Crippen LogP) is 5.99. The fourth-order valence-corrected chi connectivity index (χ4v) is 3.43. The molecule has 0 saturated carbocycles. The molecule has 0 fully saturated rings. The second-order valence-electron chi connectivity index (χ2n) is 11.9. The summed E-state index contributed by atoms with van der Waals surface area (Å²) in [6, 6.07) is 0. The molecule has 0 N–H and O–H groups in total. The van der Waals surface area contributed by atoms with E-state index in [1.807, 2.05) is 0 Å². The third-order valence-corrected chi connectivity index (χ3v) is 6.16. The Morgan fingerprint density at radius 2 is 0.692 bits per heavy atom. The van der Waals surface area contributed by atoms with E-state index in [0.717, 1.165) is 42.7 Å². The Bertz CT molecular complexity index is 868. The predicted molar refractivity (Wildman–Crippen MR) is 190 cm³/mol. The number of rotatable bonds is 27. The van der Waals surface area contributed by atoms with Gasteiger partial charge in [0, 0.05) is 17.9 Å². The topological polar surface area (TPSA) is 199 Å². The molecule has 0 aliphatic rings. The van der Waals surface area contributed by atoms with Crippen molar-refractivity contribution in [1.82, 2.24) is 0 Å². The zero-order valence-corrected chi connectivity index (χ0v) is 33.9. The van der Waals surface area contributed by atoms with Gasteiger partial charge in [-0.3, -0.25) is 14.4 Å². The second-order valence-corrected chi connectivity index (χ2v) is 13.7. The van der Waals surface area contributed by atoms with Gasteiger partial charge in [-0.15, -0.1) is 0 Å². The molecular formula is C39H64O12Ti. The molecule has 13 heteroatoms. The number of carbonyl (C=O) groups is 6. The average molecular weight is 773 g/mol. The molecule has 0 unspecified atom stereocenters. The number of hydrogen-bond acceptors (Lipinski definition) is 12. The molecule has 0 aromatic heterocycles. The molecule has 12 nitrogen and oxygen atoms in total. The van der Waals surface area contributed by atoms with Crippen LogP contribution in [0.3, 0.4) is 0 Å². The number of allylic oxidation sites excluding steroid dienone is 3. The van der Waals surface area contributed by atoms with Gasteiger partial charge >= 0.3 is 56.4 Å². The minimum absolute atomic E-state index is 0.136. The average Bonchev–Trinajstić information content (AvgIpc) is 3.08. The van der Waals surface area contributed by atoms with Gasteiger partial charge in [0.2, 0.25) is 0 Å². The van der Waals surface area contributed by atoms with E-state index in [1.54, 1.807) is 18.2 Å². The van der Waals surface area contributed by atoms with Gasteiger partial charge in [0.05, 0.1) is 38.0 Å². The molecule has 0 spiro atoms. The maximum atomic E-state index is 10.9. The van der Waals surface area contributed by atoms with Gasteiger partial charge in [-0.1, -0.05) is 78.6 Å². The van der Waals surface area contributed by atoms with Crippen LogP contribution in [0.1, 0.15) is 169 Å². The molecule has 0 heterocycles. The van der Waals surface area contributed by atoms with E-state index in [9.17, 15) is 44.1 Å². The Labute approximate surface area is 324 Å². The molecule has 0 saturated heterocycles. The molecule has 0 aromatic carbocycles. The van der Waals surface area contributed by atoms with Crippen LogP contribution in [-0.2, 0) is 63.4 Å². The number of carbonyl (C=O) groups excluding carboxylic acids is 6. The fourth-order valence-electron chi connectivity index (χ4n) is 3.43. The van der Waals surface area contributed by atoms with Crippen LogP contribution >= 0.6 is 0 Å². The summed E-state index contributed by atoms with van der Waals surface area (Å²) in [5.41, 5.74) is 0. The summed E-state index contributed by atoms with van der Waals surface area (Å²) >= 11 is 2.17. The van der Waals surface area contributed by atoms with Crippen LogP contribution in [0.5, 0.6) is 0 Å². The van der Waals surface area contributed by atoms with Gasteiger partial charge in [-0.2, -0.15) is 0 Å². The second kappa shape index (κ2) is 45.8. The summed E-state index contributed by atoms with van der Waals surface area (Å²) in [6.45, 7) is 10.8. The van der Waals surface area contributed by atoms with Crippen LogP contribution in [0.4, 0.5) is 0 Å². The number of unbranched alkanes of at least 4 members (excludes halogenated alkanes) is 12. The SMILES string of the molecule is CCCCCCC=COC(=O)CCC(=O)[O-].CCCCCCC=COC(=O)CCC(=O)[O-].CCCCCCC=COC(=O)CCC(=O)[O-].C[CH](C)[Ti+3]. The Balaban J connectivity index is -0.000000315. The zero-order valence-electron chi connectivity index (χ0n) is 32.3. The zero-order chi connectivity index (χ0) is 40.3. The molecule has 0 atom stereocenters. The number of aliphatic carboxylic acids is 3. The normalized spacial score (nSPS) is 10.5. The van der Waals surface area contributed by atoms with Crippen molar-refractivity contribution in [3.05, 3.63) is 37.0 Å². The van der Waals surface area contributed by atoms with Crippen molar-refractivity contribution in [1.29, 1.82) is 0 Å². The van der Waals surface area contributed by atoms with Crippen LogP contribution in [-0.4, -0.2) is 35.8 Å². The molecule has 0 radical (unpaired) electrons. The molecule has 0 aliphatic carbocycles. The Morgan fingerprint density at radius 1 is 0.462 bits per heavy atom. The number of esters is 3. The van der Waals surface area contributed by atoms with Crippen molar-refractivity contribution in [3.63, 3.8) is 0 Å². The first-order valence-corrected chi connectivity index (χ1v) is 19.5. The number of ether oxygens (including phenoxy) is 3. The molecule has 0 rings (SSSR count). The van der Waals surface area contributed by atoms with Gasteiger partial charge in [0.25, 0.3) is 0 Å². The Hall–Kier alpha value is -3.25. The molecular weight excluding hydrogens is 708 g/mol. The van der Waals surface area contributed by atoms with E-state index in [4.69, 9.17) is 0 Å². The first kappa shape index (κ1) is 55.5. The van der Waals surface area contributed by atoms with Crippen molar-refractivity contribution >= 4 is 35.8 Å². The monoisotopic (exact) mass is 772 g/mol. The number of carboxylic acid groups (broad SMARTS) is 3. The van der Waals surface area contributed by atoms with Crippen LogP contribution in [0.15, 0.2) is 37.0 Å². The van der Waals surface area contributed by atoms with E-state index in [2.05, 4.69) is 69.3 Å². The standard InChI is InChI=1S/3C12H20O4.C3H7.Ti/c3*1-2-3-4-5-6-7-10-16-12(15)9-8-11(13)14;1-3-2;/h3*7,10H,2-6,8-9H2,1H3,(H,13,14);3H,1-2H3;/q;;;;+3/p-3. The molecule has 0 aliphatic heterocycles. The van der Waals surface area contributed by atoms with Gasteiger partial charge in [0.1, 0.15) is 0 Å². The molecule has 0 bridgehead atoms. The molecule has 296 valence electrons. The first-order valence-electron chi connectivity index (χ1n) is 18.6. The summed E-state index contributed by atoms with van der Waals surface area (Å²) in [4.78, 5) is 62.9. The molecule has 0 aromatic rings. The van der Waals surface area contributed by atoms with Crippen LogP contribution in [0.25, 0.3) is 0 Å². The van der Waals surface area contributed by atoms with E-state index < -0.39 is 35.8 Å². The van der Waals surface area contributed by atoms with Crippen LogP contribution in [0.2, 0.25) is 4.22 Å². The van der Waals surface area contributed by atoms with E-state index in [-0.39, 0.29) is 38.5 Å². The number of carboxylic acids is 3. The van der Waals surface area contributed by atoms with Gasteiger partial charge in [-0.05, 0) is 76.0 Å². The third-order valence-electron chi connectivity index (χ3n) is 6.16. The Kier molecular flexibility index (Phi) is 48.9. The third kappa shape index (κ3) is 65.2. The van der Waals surface area contributed by atoms with Crippen molar-refractivity contribution in [2.24, 2.45) is 0 Å². The summed E-state index contributed by atoms with van der Waals surface area (Å²) < 4.78 is 14.9. The van der Waals surface area contributed by atoms with Gasteiger partial charge in [-0.25, -0.2) is 0 Å². The van der Waals surface area contributed by atoms with Gasteiger partial charge < -0.3 is 43.9 Å². The van der Waals surface area contributed by atoms with Crippen LogP contribution < -0.4 is 15.3 Å². The quantitative estimate of drug-likeness (QED) is 0.0311. The maximum absolute atomic E-state index is 10.9. The van der Waals surface area contributed by atoms with Crippen LogP contribution in [0, 0.1) is 0 Å². The summed E-state index contributed by atoms with van der Waals surface area (Å²) in [5.74, 6) is -5.31. The van der Waals surface area contributed by atoms with E-state index in [1.165, 1.54) is 76.6 Å². The molecule has 0 amide bonds. The fraction of sp³-hybridized carbons (Fsp3) is 0.692. The van der Waals surface area contributed by atoms with E-state index >= 15 is 0 Å². The Morgan fingerprint density at radius 3 is 0.885 bits per heavy atom. The number of hydrogen-bond donors (Lipinski definition) is 0. The van der Waals surface area contributed by atoms with Crippen molar-refractivity contribution < 1.29 is 78.7 Å². The van der Waals surface area contributed by atoms with Crippen molar-refractivity contribution in [2.75, 3.05) is 0 Å². The summed E-state index contributed by atoms with van der Waals surface area (Å²) in [5, 5.41) is 30.1.